The van der Waals surface area contributed by atoms with Crippen LogP contribution in [0, 0.1) is 5.92 Å². The van der Waals surface area contributed by atoms with Crippen molar-refractivity contribution in [3.8, 4) is 11.4 Å². The van der Waals surface area contributed by atoms with Gasteiger partial charge in [0, 0.05) is 25.4 Å². The topological polar surface area (TPSA) is 105 Å². The summed E-state index contributed by atoms with van der Waals surface area (Å²) in [7, 11) is -2.43. The maximum absolute atomic E-state index is 13.2. The number of rotatable bonds is 9. The van der Waals surface area contributed by atoms with Crippen molar-refractivity contribution in [3.63, 3.8) is 0 Å². The number of pyridine rings is 1. The molecule has 1 aromatic rings. The van der Waals surface area contributed by atoms with Crippen molar-refractivity contribution in [2.24, 2.45) is 5.92 Å². The average Bonchev–Trinajstić information content (AvgIpc) is 3.22. The number of carbonyl (C=O) groups is 1. The van der Waals surface area contributed by atoms with Gasteiger partial charge in [-0.15, -0.1) is 0 Å². The van der Waals surface area contributed by atoms with Gasteiger partial charge in [-0.25, -0.2) is 18.4 Å². The molecule has 0 amide bonds. The SMILES string of the molecule is CCOC(=O)[C@H](CC(C)C)N(C)S(=O)(=O)c1ccc(Cc2[nH]ccc3ncnc2-3)cc1. The summed E-state index contributed by atoms with van der Waals surface area (Å²) in [5.74, 6) is -0.397. The van der Waals surface area contributed by atoms with E-state index in [4.69, 9.17) is 4.74 Å². The first-order valence-electron chi connectivity index (χ1n) is 10.2. The number of ether oxygens (including phenoxy) is 1. The van der Waals surface area contributed by atoms with Gasteiger partial charge in [-0.3, -0.25) is 4.79 Å². The Kier molecular flexibility index (Phi) is 7.07. The van der Waals surface area contributed by atoms with Gasteiger partial charge in [0.1, 0.15) is 18.1 Å². The Bertz CT molecular complexity index is 1090. The minimum Gasteiger partial charge on any atom is -0.465 e. The molecule has 9 heteroatoms. The number of benzene rings is 1. The van der Waals surface area contributed by atoms with E-state index in [-0.39, 0.29) is 17.4 Å². The highest BCUT2D eigenvalue weighted by Crippen LogP contribution is 2.24. The van der Waals surface area contributed by atoms with Crippen molar-refractivity contribution in [1.29, 1.82) is 0 Å². The zero-order valence-electron chi connectivity index (χ0n) is 18.2. The number of aromatic amines is 1. The van der Waals surface area contributed by atoms with Crippen molar-refractivity contribution in [1.82, 2.24) is 19.3 Å². The van der Waals surface area contributed by atoms with Crippen LogP contribution in [0.4, 0.5) is 0 Å². The lowest BCUT2D eigenvalue weighted by atomic mass is 10.0. The Morgan fingerprint density at radius 2 is 1.87 bits per heavy atom. The molecule has 0 fully saturated rings. The summed E-state index contributed by atoms with van der Waals surface area (Å²) < 4.78 is 32.6. The smallest absolute Gasteiger partial charge is 0.324 e. The predicted octanol–water partition coefficient (Wildman–Crippen LogP) is 3.10. The molecule has 0 saturated carbocycles. The van der Waals surface area contributed by atoms with Crippen LogP contribution in [0.25, 0.3) is 11.4 Å². The Hall–Kier alpha value is -2.78. The van der Waals surface area contributed by atoms with Gasteiger partial charge in [0.2, 0.25) is 10.0 Å². The van der Waals surface area contributed by atoms with Gasteiger partial charge < -0.3 is 9.72 Å². The van der Waals surface area contributed by atoms with E-state index in [9.17, 15) is 13.2 Å². The van der Waals surface area contributed by atoms with Gasteiger partial charge in [-0.1, -0.05) is 26.0 Å². The molecule has 1 atom stereocenters. The number of sulfonamides is 1. The predicted molar refractivity (Wildman–Crippen MR) is 117 cm³/mol. The average molecular weight is 445 g/mol. The second-order valence-electron chi connectivity index (χ2n) is 7.80. The highest BCUT2D eigenvalue weighted by molar-refractivity contribution is 7.89. The normalized spacial score (nSPS) is 13.1. The monoisotopic (exact) mass is 444 g/mol. The molecule has 31 heavy (non-hydrogen) atoms. The quantitative estimate of drug-likeness (QED) is 0.509. The van der Waals surface area contributed by atoms with Crippen LogP contribution < -0.4 is 0 Å². The van der Waals surface area contributed by atoms with Gasteiger partial charge >= 0.3 is 5.97 Å². The Labute approximate surface area is 183 Å². The summed E-state index contributed by atoms with van der Waals surface area (Å²) in [6, 6.07) is 7.66. The number of H-pyrrole nitrogens is 1. The fourth-order valence-corrected chi connectivity index (χ4v) is 4.77. The minimum absolute atomic E-state index is 0.132. The van der Waals surface area contributed by atoms with E-state index in [0.29, 0.717) is 12.8 Å². The van der Waals surface area contributed by atoms with E-state index in [1.165, 1.54) is 13.4 Å². The molecule has 8 nitrogen and oxygen atoms in total. The van der Waals surface area contributed by atoms with Crippen LogP contribution in [-0.2, 0) is 26.0 Å². The van der Waals surface area contributed by atoms with Crippen LogP contribution in [-0.4, -0.2) is 53.3 Å². The molecular weight excluding hydrogens is 416 g/mol. The molecule has 2 heterocycles. The molecule has 3 rings (SSSR count). The minimum atomic E-state index is -3.86. The van der Waals surface area contributed by atoms with Crippen molar-refractivity contribution in [2.45, 2.75) is 44.6 Å². The van der Waals surface area contributed by atoms with E-state index in [1.54, 1.807) is 31.2 Å². The third kappa shape index (κ3) is 5.11. The Morgan fingerprint density at radius 3 is 2.52 bits per heavy atom. The van der Waals surface area contributed by atoms with Crippen molar-refractivity contribution < 1.29 is 17.9 Å². The second kappa shape index (κ2) is 9.57. The lowest BCUT2D eigenvalue weighted by Gasteiger charge is -2.27. The van der Waals surface area contributed by atoms with Crippen LogP contribution in [0.5, 0.6) is 0 Å². The molecule has 0 unspecified atom stereocenters. The number of carbonyl (C=O) groups excluding carboxylic acids is 1. The van der Waals surface area contributed by atoms with Crippen LogP contribution in [0.2, 0.25) is 0 Å². The fourth-order valence-electron chi connectivity index (χ4n) is 3.45. The summed E-state index contributed by atoms with van der Waals surface area (Å²) in [6.45, 7) is 5.79. The van der Waals surface area contributed by atoms with Crippen molar-refractivity contribution >= 4 is 16.0 Å². The zero-order valence-corrected chi connectivity index (χ0v) is 19.0. The van der Waals surface area contributed by atoms with E-state index >= 15 is 0 Å². The van der Waals surface area contributed by atoms with Gasteiger partial charge in [-0.2, -0.15) is 4.31 Å². The van der Waals surface area contributed by atoms with Crippen LogP contribution >= 0.6 is 0 Å². The van der Waals surface area contributed by atoms with Crippen molar-refractivity contribution in [3.05, 3.63) is 54.1 Å². The van der Waals surface area contributed by atoms with Gasteiger partial charge in [0.25, 0.3) is 0 Å². The number of hydrogen-bond acceptors (Lipinski definition) is 6. The number of imidazole rings is 1. The Balaban J connectivity index is 1.81. The molecule has 0 aromatic heterocycles. The fraction of sp³-hybridized carbons (Fsp3) is 0.409. The molecule has 2 aliphatic heterocycles. The molecule has 0 bridgehead atoms. The standard InChI is InChI=1S/C22H28N4O4S/c1-5-30-22(27)20(12-15(2)3)26(4)31(28,29)17-8-6-16(7-9-17)13-19-21-18(10-11-23-19)24-14-25-21/h6-11,14-15,20,23H,5,12-13H2,1-4H3/t20-/m0/s1. The molecule has 1 aromatic carbocycles. The number of esters is 1. The number of fused-ring (bicyclic) bond motifs is 1. The van der Waals surface area contributed by atoms with Gasteiger partial charge in [0.15, 0.2) is 0 Å². The maximum Gasteiger partial charge on any atom is 0.324 e. The summed E-state index contributed by atoms with van der Waals surface area (Å²) in [5, 5.41) is 0. The molecule has 1 N–H and O–H groups in total. The lowest BCUT2D eigenvalue weighted by Crippen LogP contribution is -2.44. The van der Waals surface area contributed by atoms with Crippen LogP contribution in [0.15, 0.2) is 47.8 Å². The maximum atomic E-state index is 13.2. The van der Waals surface area contributed by atoms with E-state index in [2.05, 4.69) is 15.0 Å². The third-order valence-corrected chi connectivity index (χ3v) is 6.97. The first-order valence-corrected chi connectivity index (χ1v) is 11.7. The van der Waals surface area contributed by atoms with Crippen LogP contribution in [0.1, 0.15) is 38.4 Å². The van der Waals surface area contributed by atoms with E-state index < -0.39 is 22.0 Å². The zero-order chi connectivity index (χ0) is 22.6. The lowest BCUT2D eigenvalue weighted by molar-refractivity contribution is -0.147. The van der Waals surface area contributed by atoms with E-state index in [0.717, 1.165) is 27.0 Å². The summed E-state index contributed by atoms with van der Waals surface area (Å²) >= 11 is 0. The van der Waals surface area contributed by atoms with Gasteiger partial charge in [0.05, 0.1) is 17.2 Å². The number of aromatic nitrogens is 3. The second-order valence-corrected chi connectivity index (χ2v) is 9.80. The highest BCUT2D eigenvalue weighted by atomic mass is 32.2. The summed E-state index contributed by atoms with van der Waals surface area (Å²) in [4.78, 5) is 24.2. The Morgan fingerprint density at radius 1 is 1.16 bits per heavy atom. The number of hydrogen-bond donors (Lipinski definition) is 1. The molecule has 0 spiro atoms. The van der Waals surface area contributed by atoms with E-state index in [1.807, 2.05) is 26.1 Å². The third-order valence-electron chi connectivity index (χ3n) is 5.08. The first-order chi connectivity index (χ1) is 14.7. The number of nitrogens with one attached hydrogen (secondary N) is 1. The first kappa shape index (κ1) is 22.9. The molecule has 0 radical (unpaired) electrons. The summed E-state index contributed by atoms with van der Waals surface area (Å²) in [6.07, 6.45) is 4.27. The highest BCUT2D eigenvalue weighted by Gasteiger charge is 2.34. The van der Waals surface area contributed by atoms with Gasteiger partial charge in [-0.05, 0) is 43.0 Å². The summed E-state index contributed by atoms with van der Waals surface area (Å²) in [5.41, 5.74) is 3.44. The number of nitrogens with zero attached hydrogens (tertiary/aromatic N) is 3. The number of likely N-dealkylation sites (N-methyl/N-ethyl adjacent to an activating group) is 1. The largest absolute Gasteiger partial charge is 0.465 e. The molecular formula is C22H28N4O4S. The molecule has 0 aliphatic carbocycles. The molecule has 2 aliphatic rings. The van der Waals surface area contributed by atoms with Crippen LogP contribution in [0.3, 0.4) is 0 Å². The van der Waals surface area contributed by atoms with Crippen molar-refractivity contribution in [2.75, 3.05) is 13.7 Å². The molecule has 166 valence electrons. The molecule has 0 saturated heterocycles.